The molecule has 1 amide bonds. The Morgan fingerprint density at radius 2 is 1.52 bits per heavy atom. The van der Waals surface area contributed by atoms with Gasteiger partial charge in [-0.25, -0.2) is 21.1 Å². The van der Waals surface area contributed by atoms with Crippen LogP contribution in [0.5, 0.6) is 0 Å². The van der Waals surface area contributed by atoms with Gasteiger partial charge in [0.15, 0.2) is 0 Å². The highest BCUT2D eigenvalue weighted by Gasteiger charge is 2.46. The van der Waals surface area contributed by atoms with Crippen molar-refractivity contribution in [1.82, 2.24) is 9.62 Å². The third kappa shape index (κ3) is 4.77. The van der Waals surface area contributed by atoms with Crippen LogP contribution < -0.4 is 5.32 Å². The molecule has 0 unspecified atom stereocenters. The molecule has 1 N–H and O–H groups in total. The van der Waals surface area contributed by atoms with E-state index in [4.69, 9.17) is 0 Å². The Hall–Kier alpha value is -2.44. The minimum atomic E-state index is -5.51. The van der Waals surface area contributed by atoms with Crippen molar-refractivity contribution in [2.24, 2.45) is 0 Å². The maximum Gasteiger partial charge on any atom is 0.501 e. The third-order valence-corrected chi connectivity index (χ3v) is 7.32. The van der Waals surface area contributed by atoms with Crippen LogP contribution in [0.1, 0.15) is 15.9 Å². The van der Waals surface area contributed by atoms with Gasteiger partial charge in [0.05, 0.1) is 9.79 Å². The number of nitrogens with one attached hydrogen (secondary N) is 1. The topological polar surface area (TPSA) is 101 Å². The lowest BCUT2D eigenvalue weighted by molar-refractivity contribution is -0.0436. The van der Waals surface area contributed by atoms with Gasteiger partial charge in [0.1, 0.15) is 0 Å². The van der Waals surface area contributed by atoms with Gasteiger partial charge in [-0.15, -0.1) is 0 Å². The highest BCUT2D eigenvalue weighted by molar-refractivity contribution is 7.92. The van der Waals surface area contributed by atoms with Crippen LogP contribution in [-0.4, -0.2) is 46.7 Å². The molecule has 0 aliphatic rings. The van der Waals surface area contributed by atoms with E-state index in [1.165, 1.54) is 32.3 Å². The van der Waals surface area contributed by atoms with Crippen LogP contribution in [0.4, 0.5) is 13.2 Å². The van der Waals surface area contributed by atoms with Gasteiger partial charge in [0.25, 0.3) is 15.7 Å². The molecule has 0 spiro atoms. The second-order valence-electron chi connectivity index (χ2n) is 6.05. The van der Waals surface area contributed by atoms with E-state index in [1.807, 2.05) is 0 Å². The lowest BCUT2D eigenvalue weighted by Gasteiger charge is -2.15. The van der Waals surface area contributed by atoms with E-state index < -0.39 is 36.2 Å². The Morgan fingerprint density at radius 1 is 0.966 bits per heavy atom. The van der Waals surface area contributed by atoms with Gasteiger partial charge in [0, 0.05) is 26.2 Å². The first-order valence-corrected chi connectivity index (χ1v) is 10.9. The lowest BCUT2D eigenvalue weighted by Crippen LogP contribution is -2.27. The van der Waals surface area contributed by atoms with Crippen molar-refractivity contribution in [1.29, 1.82) is 0 Å². The van der Waals surface area contributed by atoms with Crippen LogP contribution in [0.3, 0.4) is 0 Å². The first kappa shape index (κ1) is 22.8. The van der Waals surface area contributed by atoms with E-state index in [0.717, 1.165) is 16.4 Å². The number of nitrogens with zero attached hydrogens (tertiary/aromatic N) is 1. The van der Waals surface area contributed by atoms with Gasteiger partial charge >= 0.3 is 5.51 Å². The molecule has 0 heterocycles. The number of hydrogen-bond acceptors (Lipinski definition) is 5. The molecule has 0 saturated heterocycles. The van der Waals surface area contributed by atoms with Crippen molar-refractivity contribution < 1.29 is 34.8 Å². The van der Waals surface area contributed by atoms with E-state index in [9.17, 15) is 34.8 Å². The Kier molecular flexibility index (Phi) is 6.40. The molecule has 0 bridgehead atoms. The van der Waals surface area contributed by atoms with Gasteiger partial charge in [-0.3, -0.25) is 4.79 Å². The van der Waals surface area contributed by atoms with E-state index >= 15 is 0 Å². The van der Waals surface area contributed by atoms with Crippen LogP contribution in [0.2, 0.25) is 0 Å². The first-order chi connectivity index (χ1) is 13.3. The van der Waals surface area contributed by atoms with Gasteiger partial charge < -0.3 is 5.32 Å². The molecule has 2 aromatic rings. The van der Waals surface area contributed by atoms with E-state index in [1.54, 1.807) is 6.07 Å². The summed E-state index contributed by atoms with van der Waals surface area (Å²) in [6.45, 7) is -0.162. The van der Waals surface area contributed by atoms with Gasteiger partial charge in [-0.05, 0) is 35.9 Å². The van der Waals surface area contributed by atoms with E-state index in [-0.39, 0.29) is 17.0 Å². The maximum atomic E-state index is 12.6. The molecule has 0 radical (unpaired) electrons. The normalized spacial score (nSPS) is 12.8. The van der Waals surface area contributed by atoms with Crippen LogP contribution in [0.25, 0.3) is 0 Å². The minimum Gasteiger partial charge on any atom is -0.348 e. The zero-order valence-electron chi connectivity index (χ0n) is 15.3. The molecule has 2 aromatic carbocycles. The summed E-state index contributed by atoms with van der Waals surface area (Å²) in [4.78, 5) is 11.2. The first-order valence-electron chi connectivity index (χ1n) is 7.98. The van der Waals surface area contributed by atoms with Crippen molar-refractivity contribution in [3.8, 4) is 0 Å². The van der Waals surface area contributed by atoms with Gasteiger partial charge in [-0.2, -0.15) is 13.2 Å². The molecule has 7 nitrogen and oxygen atoms in total. The maximum absolute atomic E-state index is 12.6. The molecule has 2 rings (SSSR count). The average Bonchev–Trinajstić information content (AvgIpc) is 2.65. The standard InChI is InChI=1S/C17H17F3N2O5S2/c1-22(2)29(26,27)15-6-4-3-5-13(15)11-21-16(23)12-7-9-14(10-8-12)28(24,25)17(18,19)20/h3-10H,11H2,1-2H3,(H,21,23). The number of sulfone groups is 1. The van der Waals surface area contributed by atoms with Crippen molar-refractivity contribution in [2.75, 3.05) is 14.1 Å². The van der Waals surface area contributed by atoms with Gasteiger partial charge in [0.2, 0.25) is 10.0 Å². The number of hydrogen-bond donors (Lipinski definition) is 1. The number of benzene rings is 2. The molecule has 158 valence electrons. The van der Waals surface area contributed by atoms with Crippen molar-refractivity contribution in [3.05, 3.63) is 59.7 Å². The fourth-order valence-corrected chi connectivity index (χ4v) is 4.17. The predicted molar refractivity (Wildman–Crippen MR) is 98.2 cm³/mol. The molecule has 0 atom stereocenters. The summed E-state index contributed by atoms with van der Waals surface area (Å²) in [5.74, 6) is -0.710. The van der Waals surface area contributed by atoms with Crippen LogP contribution >= 0.6 is 0 Å². The zero-order chi connectivity index (χ0) is 22.0. The summed E-state index contributed by atoms with van der Waals surface area (Å²) in [7, 11) is -6.53. The van der Waals surface area contributed by atoms with E-state index in [0.29, 0.717) is 17.7 Å². The van der Waals surface area contributed by atoms with Gasteiger partial charge in [-0.1, -0.05) is 18.2 Å². The Morgan fingerprint density at radius 3 is 2.03 bits per heavy atom. The molecule has 0 fully saturated rings. The van der Waals surface area contributed by atoms with Crippen LogP contribution in [-0.2, 0) is 26.4 Å². The number of alkyl halides is 3. The smallest absolute Gasteiger partial charge is 0.348 e. The SMILES string of the molecule is CN(C)S(=O)(=O)c1ccccc1CNC(=O)c1ccc(S(=O)(=O)C(F)(F)F)cc1. The lowest BCUT2D eigenvalue weighted by atomic mass is 10.2. The molecular weight excluding hydrogens is 433 g/mol. The Labute approximate surface area is 166 Å². The number of sulfonamides is 1. The summed E-state index contributed by atoms with van der Waals surface area (Å²) in [5.41, 5.74) is -5.22. The molecule has 29 heavy (non-hydrogen) atoms. The summed E-state index contributed by atoms with van der Waals surface area (Å²) >= 11 is 0. The third-order valence-electron chi connectivity index (χ3n) is 3.90. The largest absolute Gasteiger partial charge is 0.501 e. The number of halogens is 3. The number of carbonyl (C=O) groups excluding carboxylic acids is 1. The highest BCUT2D eigenvalue weighted by atomic mass is 32.2. The number of carbonyl (C=O) groups is 1. The van der Waals surface area contributed by atoms with Crippen molar-refractivity contribution in [3.63, 3.8) is 0 Å². The van der Waals surface area contributed by atoms with E-state index in [2.05, 4.69) is 5.32 Å². The summed E-state index contributed by atoms with van der Waals surface area (Å²) in [6, 6.07) is 9.26. The predicted octanol–water partition coefficient (Wildman–Crippen LogP) is 2.16. The van der Waals surface area contributed by atoms with Crippen LogP contribution in [0.15, 0.2) is 58.3 Å². The average molecular weight is 450 g/mol. The second kappa shape index (κ2) is 8.13. The van der Waals surface area contributed by atoms with Crippen LogP contribution in [0, 0.1) is 0 Å². The summed E-state index contributed by atoms with van der Waals surface area (Å²) in [5, 5.41) is 2.46. The molecule has 0 aliphatic carbocycles. The summed E-state index contributed by atoms with van der Waals surface area (Å²) < 4.78 is 86.1. The molecule has 0 aliphatic heterocycles. The quantitative estimate of drug-likeness (QED) is 0.727. The second-order valence-corrected chi connectivity index (χ2v) is 10.1. The fourth-order valence-electron chi connectivity index (χ4n) is 2.29. The Bertz CT molecular complexity index is 1110. The number of amides is 1. The molecule has 0 saturated carbocycles. The minimum absolute atomic E-state index is 0.00285. The summed E-state index contributed by atoms with van der Waals surface area (Å²) in [6.07, 6.45) is 0. The van der Waals surface area contributed by atoms with Crippen molar-refractivity contribution in [2.45, 2.75) is 21.8 Å². The molecule has 0 aromatic heterocycles. The fraction of sp³-hybridized carbons (Fsp3) is 0.235. The zero-order valence-corrected chi connectivity index (χ0v) is 16.9. The highest BCUT2D eigenvalue weighted by Crippen LogP contribution is 2.30. The number of rotatable bonds is 6. The van der Waals surface area contributed by atoms with Crippen molar-refractivity contribution >= 4 is 25.8 Å². The monoisotopic (exact) mass is 450 g/mol. The Balaban J connectivity index is 2.20. The molecule has 12 heteroatoms. The molecular formula is C17H17F3N2O5S2.